The Balaban J connectivity index is 2.08. The van der Waals surface area contributed by atoms with E-state index in [1.807, 2.05) is 19.1 Å². The molecular weight excluding hydrogens is 228 g/mol. The van der Waals surface area contributed by atoms with Gasteiger partial charge >= 0.3 is 5.97 Å². The summed E-state index contributed by atoms with van der Waals surface area (Å²) in [6.07, 6.45) is 3.26. The number of ether oxygens (including phenoxy) is 1. The fourth-order valence-electron chi connectivity index (χ4n) is 2.63. The molecule has 0 spiro atoms. The number of rotatable bonds is 4. The molecule has 3 nitrogen and oxygen atoms in total. The Morgan fingerprint density at radius 1 is 1.39 bits per heavy atom. The molecule has 2 rings (SSSR count). The van der Waals surface area contributed by atoms with Crippen molar-refractivity contribution >= 4 is 5.97 Å². The maximum Gasteiger partial charge on any atom is 0.303 e. The van der Waals surface area contributed by atoms with E-state index >= 15 is 0 Å². The second-order valence-corrected chi connectivity index (χ2v) is 5.14. The minimum absolute atomic E-state index is 0.0570. The lowest BCUT2D eigenvalue weighted by molar-refractivity contribution is -0.138. The smallest absolute Gasteiger partial charge is 0.303 e. The van der Waals surface area contributed by atoms with Crippen LogP contribution in [0.2, 0.25) is 0 Å². The van der Waals surface area contributed by atoms with Gasteiger partial charge in [-0.2, -0.15) is 0 Å². The molecule has 18 heavy (non-hydrogen) atoms. The van der Waals surface area contributed by atoms with E-state index in [0.717, 1.165) is 30.6 Å². The van der Waals surface area contributed by atoms with Crippen molar-refractivity contribution in [3.63, 3.8) is 0 Å². The van der Waals surface area contributed by atoms with Gasteiger partial charge in [-0.05, 0) is 50.3 Å². The van der Waals surface area contributed by atoms with Gasteiger partial charge in [-0.25, -0.2) is 0 Å². The van der Waals surface area contributed by atoms with Crippen LogP contribution in [0.5, 0.6) is 5.75 Å². The van der Waals surface area contributed by atoms with Crippen molar-refractivity contribution in [1.29, 1.82) is 0 Å². The zero-order chi connectivity index (χ0) is 13.1. The van der Waals surface area contributed by atoms with Crippen molar-refractivity contribution in [2.75, 3.05) is 0 Å². The van der Waals surface area contributed by atoms with Crippen molar-refractivity contribution in [1.82, 2.24) is 0 Å². The van der Waals surface area contributed by atoms with Gasteiger partial charge in [0.1, 0.15) is 11.9 Å². The summed E-state index contributed by atoms with van der Waals surface area (Å²) in [6, 6.07) is 6.02. The average molecular weight is 248 g/mol. The monoisotopic (exact) mass is 248 g/mol. The molecule has 3 heteroatoms. The molecule has 1 aliphatic carbocycles. The quantitative estimate of drug-likeness (QED) is 0.889. The van der Waals surface area contributed by atoms with Crippen molar-refractivity contribution in [2.45, 2.75) is 45.6 Å². The molecule has 1 aliphatic rings. The first-order valence-electron chi connectivity index (χ1n) is 6.52. The van der Waals surface area contributed by atoms with Crippen molar-refractivity contribution in [3.8, 4) is 5.75 Å². The number of hydrogen-bond acceptors (Lipinski definition) is 2. The topological polar surface area (TPSA) is 46.5 Å². The second kappa shape index (κ2) is 5.42. The summed E-state index contributed by atoms with van der Waals surface area (Å²) in [7, 11) is 0. The Labute approximate surface area is 108 Å². The number of aliphatic carboxylic acids is 1. The van der Waals surface area contributed by atoms with E-state index in [4.69, 9.17) is 9.84 Å². The van der Waals surface area contributed by atoms with Gasteiger partial charge in [0.25, 0.3) is 0 Å². The van der Waals surface area contributed by atoms with Crippen LogP contribution in [0.25, 0.3) is 0 Å². The van der Waals surface area contributed by atoms with Crippen LogP contribution in [-0.2, 0) is 4.79 Å². The van der Waals surface area contributed by atoms with Crippen LogP contribution >= 0.6 is 0 Å². The molecule has 0 saturated heterocycles. The molecule has 0 bridgehead atoms. The Morgan fingerprint density at radius 2 is 2.17 bits per heavy atom. The Bertz CT molecular complexity index is 439. The molecule has 1 N–H and O–H groups in total. The summed E-state index contributed by atoms with van der Waals surface area (Å²) in [5.41, 5.74) is 2.36. The first kappa shape index (κ1) is 12.9. The fourth-order valence-corrected chi connectivity index (χ4v) is 2.63. The largest absolute Gasteiger partial charge is 0.490 e. The minimum Gasteiger partial charge on any atom is -0.490 e. The highest BCUT2D eigenvalue weighted by molar-refractivity contribution is 5.67. The number of aryl methyl sites for hydroxylation is 1. The molecule has 0 aromatic heterocycles. The van der Waals surface area contributed by atoms with E-state index in [9.17, 15) is 4.79 Å². The number of carboxylic acids is 1. The number of carboxylic acid groups (broad SMARTS) is 1. The molecular formula is C15H20O3. The Morgan fingerprint density at radius 3 is 2.89 bits per heavy atom. The van der Waals surface area contributed by atoms with Gasteiger partial charge in [0.15, 0.2) is 0 Å². The lowest BCUT2D eigenvalue weighted by atomic mass is 10.0. The zero-order valence-electron chi connectivity index (χ0n) is 11.0. The third-order valence-electron chi connectivity index (χ3n) is 3.86. The van der Waals surface area contributed by atoms with Gasteiger partial charge in [0.05, 0.1) is 6.42 Å². The van der Waals surface area contributed by atoms with Crippen LogP contribution in [0.1, 0.15) is 36.8 Å². The van der Waals surface area contributed by atoms with Gasteiger partial charge in [-0.1, -0.05) is 12.1 Å². The molecule has 1 fully saturated rings. The molecule has 0 amide bonds. The van der Waals surface area contributed by atoms with Crippen molar-refractivity contribution in [2.24, 2.45) is 5.92 Å². The van der Waals surface area contributed by atoms with Gasteiger partial charge in [0, 0.05) is 5.92 Å². The molecule has 1 saturated carbocycles. The highest BCUT2D eigenvalue weighted by atomic mass is 16.5. The Hall–Kier alpha value is -1.51. The van der Waals surface area contributed by atoms with E-state index < -0.39 is 5.97 Å². The Kier molecular flexibility index (Phi) is 3.90. The maximum atomic E-state index is 10.8. The standard InChI is InChI=1S/C15H20O3/c1-10-5-3-7-13(11(10)2)18-14-8-4-6-12(14)9-15(16)17/h3,5,7,12,14H,4,6,8-9H2,1-2H3,(H,16,17). The molecule has 2 unspecified atom stereocenters. The van der Waals surface area contributed by atoms with E-state index in [-0.39, 0.29) is 18.4 Å². The second-order valence-electron chi connectivity index (χ2n) is 5.14. The highest BCUT2D eigenvalue weighted by Gasteiger charge is 2.31. The van der Waals surface area contributed by atoms with Crippen LogP contribution in [0.3, 0.4) is 0 Å². The van der Waals surface area contributed by atoms with Crippen LogP contribution in [0.4, 0.5) is 0 Å². The predicted octanol–water partition coefficient (Wildman–Crippen LogP) is 3.33. The molecule has 2 atom stereocenters. The maximum absolute atomic E-state index is 10.8. The first-order chi connectivity index (χ1) is 8.58. The minimum atomic E-state index is -0.725. The van der Waals surface area contributed by atoms with Gasteiger partial charge in [0.2, 0.25) is 0 Å². The first-order valence-corrected chi connectivity index (χ1v) is 6.52. The SMILES string of the molecule is Cc1cccc(OC2CCCC2CC(=O)O)c1C. The third kappa shape index (κ3) is 2.84. The molecule has 0 aliphatic heterocycles. The lowest BCUT2D eigenvalue weighted by Crippen LogP contribution is -2.24. The highest BCUT2D eigenvalue weighted by Crippen LogP contribution is 2.33. The van der Waals surface area contributed by atoms with E-state index in [1.165, 1.54) is 5.56 Å². The van der Waals surface area contributed by atoms with Crippen molar-refractivity contribution in [3.05, 3.63) is 29.3 Å². The molecule has 98 valence electrons. The van der Waals surface area contributed by atoms with E-state index in [1.54, 1.807) is 0 Å². The van der Waals surface area contributed by atoms with Crippen LogP contribution < -0.4 is 4.74 Å². The number of carbonyl (C=O) groups is 1. The summed E-state index contributed by atoms with van der Waals surface area (Å²) in [5, 5.41) is 8.90. The summed E-state index contributed by atoms with van der Waals surface area (Å²) in [6.45, 7) is 4.11. The third-order valence-corrected chi connectivity index (χ3v) is 3.86. The normalized spacial score (nSPS) is 23.0. The molecule has 0 radical (unpaired) electrons. The zero-order valence-corrected chi connectivity index (χ0v) is 11.0. The predicted molar refractivity (Wildman–Crippen MR) is 69.9 cm³/mol. The summed E-state index contributed by atoms with van der Waals surface area (Å²) in [5.74, 6) is 0.330. The van der Waals surface area contributed by atoms with E-state index in [0.29, 0.717) is 0 Å². The van der Waals surface area contributed by atoms with Crippen molar-refractivity contribution < 1.29 is 14.6 Å². The summed E-state index contributed by atoms with van der Waals surface area (Å²) in [4.78, 5) is 10.8. The molecule has 1 aromatic rings. The number of benzene rings is 1. The van der Waals surface area contributed by atoms with Crippen LogP contribution in [-0.4, -0.2) is 17.2 Å². The lowest BCUT2D eigenvalue weighted by Gasteiger charge is -2.21. The van der Waals surface area contributed by atoms with Gasteiger partial charge < -0.3 is 9.84 Å². The summed E-state index contributed by atoms with van der Waals surface area (Å²) >= 11 is 0. The fraction of sp³-hybridized carbons (Fsp3) is 0.533. The summed E-state index contributed by atoms with van der Waals surface area (Å²) < 4.78 is 6.04. The van der Waals surface area contributed by atoms with Crippen LogP contribution in [0.15, 0.2) is 18.2 Å². The van der Waals surface area contributed by atoms with E-state index in [2.05, 4.69) is 13.0 Å². The molecule has 0 heterocycles. The number of hydrogen-bond donors (Lipinski definition) is 1. The van der Waals surface area contributed by atoms with Gasteiger partial charge in [-0.3, -0.25) is 4.79 Å². The average Bonchev–Trinajstić information content (AvgIpc) is 2.72. The van der Waals surface area contributed by atoms with Crippen LogP contribution in [0, 0.1) is 19.8 Å². The molecule has 1 aromatic carbocycles. The van der Waals surface area contributed by atoms with Gasteiger partial charge in [-0.15, -0.1) is 0 Å².